The molecule has 4 rings (SSSR count). The fraction of sp³-hybridized carbons (Fsp3) is 0.538. The molecule has 9 nitrogen and oxygen atoms in total. The maximum absolute atomic E-state index is 13.2. The van der Waals surface area contributed by atoms with Gasteiger partial charge in [-0.2, -0.15) is 0 Å². The first-order valence-electron chi connectivity index (χ1n) is 17.3. The van der Waals surface area contributed by atoms with E-state index in [1.807, 2.05) is 57.0 Å². The summed E-state index contributed by atoms with van der Waals surface area (Å²) in [4.78, 5) is 37.7. The van der Waals surface area contributed by atoms with Crippen molar-refractivity contribution in [1.82, 2.24) is 4.98 Å². The number of nitrogens with zero attached hydrogens (tertiary/aromatic N) is 4. The van der Waals surface area contributed by atoms with Crippen molar-refractivity contribution < 1.29 is 19.4 Å². The zero-order valence-electron chi connectivity index (χ0n) is 31.1. The topological polar surface area (TPSA) is 107 Å². The Labute approximate surface area is 289 Å². The molecule has 2 aliphatic heterocycles. The molecule has 1 aromatic carbocycles. The third-order valence-electron chi connectivity index (χ3n) is 7.76. The van der Waals surface area contributed by atoms with Crippen LogP contribution in [0.25, 0.3) is 0 Å². The molecule has 0 spiro atoms. The van der Waals surface area contributed by atoms with E-state index in [1.165, 1.54) is 12.8 Å². The van der Waals surface area contributed by atoms with E-state index in [4.69, 9.17) is 14.8 Å². The van der Waals surface area contributed by atoms with Gasteiger partial charge in [0.25, 0.3) is 0 Å². The van der Waals surface area contributed by atoms with Gasteiger partial charge in [0.1, 0.15) is 18.1 Å². The Bertz CT molecular complexity index is 1430. The third kappa shape index (κ3) is 12.5. The molecule has 1 aromatic heterocycles. The summed E-state index contributed by atoms with van der Waals surface area (Å²) in [5, 5.41) is 12.3. The summed E-state index contributed by atoms with van der Waals surface area (Å²) in [5.74, 6) is 0.393. The number of allylic oxidation sites excluding steroid dienone is 1. The van der Waals surface area contributed by atoms with Crippen LogP contribution in [0.2, 0.25) is 0 Å². The minimum Gasteiger partial charge on any atom is -0.481 e. The average Bonchev–Trinajstić information content (AvgIpc) is 3.04. The summed E-state index contributed by atoms with van der Waals surface area (Å²) in [6.07, 6.45) is 7.88. The second kappa shape index (κ2) is 19.0. The number of carboxylic acid groups (broad SMARTS) is 1. The number of fused-ring (bicyclic) bond motifs is 1. The fourth-order valence-electron chi connectivity index (χ4n) is 4.92. The van der Waals surface area contributed by atoms with Gasteiger partial charge in [-0.25, -0.2) is 9.98 Å². The number of hydrogen-bond acceptors (Lipinski definition) is 6. The van der Waals surface area contributed by atoms with Crippen molar-refractivity contribution in [1.29, 1.82) is 0 Å². The highest BCUT2D eigenvalue weighted by molar-refractivity contribution is 5.98. The van der Waals surface area contributed by atoms with E-state index in [1.54, 1.807) is 12.1 Å². The highest BCUT2D eigenvalue weighted by Gasteiger charge is 2.31. The Kier molecular flexibility index (Phi) is 15.9. The molecule has 0 saturated carbocycles. The molecule has 2 N–H and O–H groups in total. The first-order valence-corrected chi connectivity index (χ1v) is 17.3. The van der Waals surface area contributed by atoms with Crippen molar-refractivity contribution in [3.63, 3.8) is 0 Å². The fourth-order valence-corrected chi connectivity index (χ4v) is 4.92. The van der Waals surface area contributed by atoms with E-state index >= 15 is 0 Å². The molecule has 9 heteroatoms. The van der Waals surface area contributed by atoms with Gasteiger partial charge in [0.15, 0.2) is 0 Å². The van der Waals surface area contributed by atoms with Crippen molar-refractivity contribution in [2.24, 2.45) is 16.3 Å². The van der Waals surface area contributed by atoms with E-state index < -0.39 is 5.97 Å². The zero-order valence-corrected chi connectivity index (χ0v) is 31.1. The third-order valence-corrected chi connectivity index (χ3v) is 7.76. The first kappa shape index (κ1) is 40.0. The molecule has 3 heterocycles. The number of amides is 1. The van der Waals surface area contributed by atoms with Crippen LogP contribution in [0.4, 0.5) is 17.1 Å². The van der Waals surface area contributed by atoms with E-state index in [-0.39, 0.29) is 18.2 Å². The minimum atomic E-state index is -0.856. The number of aliphatic imine (C=N–C) groups is 1. The van der Waals surface area contributed by atoms with Gasteiger partial charge < -0.3 is 25.0 Å². The van der Waals surface area contributed by atoms with Crippen LogP contribution >= 0.6 is 0 Å². The van der Waals surface area contributed by atoms with Crippen molar-refractivity contribution in [2.45, 2.75) is 101 Å². The smallest absolute Gasteiger partial charge is 0.307 e. The van der Waals surface area contributed by atoms with Crippen LogP contribution in [-0.4, -0.2) is 54.0 Å². The molecule has 0 fully saturated rings. The maximum atomic E-state index is 13.2. The van der Waals surface area contributed by atoms with Gasteiger partial charge in [0.05, 0.1) is 37.1 Å². The number of benzene rings is 1. The lowest BCUT2D eigenvalue weighted by Gasteiger charge is -2.36. The number of unbranched alkanes of at least 4 members (excludes halogenated alkanes) is 1. The van der Waals surface area contributed by atoms with E-state index in [2.05, 4.69) is 63.3 Å². The Hall–Kier alpha value is -4.14. The zero-order chi connectivity index (χ0) is 36.0. The Morgan fingerprint density at radius 1 is 1.12 bits per heavy atom. The second-order valence-electron chi connectivity index (χ2n) is 14.0. The number of ether oxygens (including phenoxy) is 1. The monoisotopic (exact) mass is 661 g/mol. The van der Waals surface area contributed by atoms with Crippen LogP contribution in [0.3, 0.4) is 0 Å². The molecule has 0 saturated heterocycles. The Balaban J connectivity index is 0.000000789. The number of aliphatic carboxylic acids is 1. The van der Waals surface area contributed by atoms with Crippen LogP contribution in [0.1, 0.15) is 99.1 Å². The number of pyridine rings is 1. The molecule has 0 aliphatic carbocycles. The van der Waals surface area contributed by atoms with Crippen LogP contribution in [0, 0.1) is 18.3 Å². The molecule has 0 bridgehead atoms. The van der Waals surface area contributed by atoms with Gasteiger partial charge in [0, 0.05) is 23.7 Å². The van der Waals surface area contributed by atoms with Crippen molar-refractivity contribution in [3.8, 4) is 5.88 Å². The Morgan fingerprint density at radius 3 is 2.29 bits per heavy atom. The van der Waals surface area contributed by atoms with Gasteiger partial charge in [-0.15, -0.1) is 0 Å². The number of carbonyl (C=O) groups is 2. The lowest BCUT2D eigenvalue weighted by atomic mass is 10.0. The Morgan fingerprint density at radius 2 is 1.75 bits per heavy atom. The maximum Gasteiger partial charge on any atom is 0.307 e. The molecule has 2 aliphatic rings. The average molecular weight is 662 g/mol. The largest absolute Gasteiger partial charge is 0.481 e. The second-order valence-corrected chi connectivity index (χ2v) is 14.0. The lowest BCUT2D eigenvalue weighted by molar-refractivity contribution is -0.136. The number of hydrogen-bond donors (Lipinski definition) is 2. The van der Waals surface area contributed by atoms with Crippen LogP contribution in [0.5, 0.6) is 5.88 Å². The van der Waals surface area contributed by atoms with E-state index in [0.29, 0.717) is 31.0 Å². The van der Waals surface area contributed by atoms with Gasteiger partial charge in [-0.3, -0.25) is 9.59 Å². The van der Waals surface area contributed by atoms with Crippen LogP contribution in [-0.2, 0) is 16.0 Å². The summed E-state index contributed by atoms with van der Waals surface area (Å²) < 4.78 is 5.83. The molecule has 2 aromatic rings. The molecular formula is C39H59N5O4. The number of carboxylic acids is 1. The highest BCUT2D eigenvalue weighted by Crippen LogP contribution is 2.40. The van der Waals surface area contributed by atoms with E-state index in [9.17, 15) is 9.59 Å². The number of rotatable bonds is 9. The van der Waals surface area contributed by atoms with Crippen molar-refractivity contribution >= 4 is 34.8 Å². The van der Waals surface area contributed by atoms with Gasteiger partial charge in [-0.05, 0) is 55.4 Å². The summed E-state index contributed by atoms with van der Waals surface area (Å²) in [7, 11) is 0. The predicted molar refractivity (Wildman–Crippen MR) is 201 cm³/mol. The molecular weight excluding hydrogens is 602 g/mol. The number of amidine groups is 1. The lowest BCUT2D eigenvalue weighted by Crippen LogP contribution is -2.42. The predicted octanol–water partition coefficient (Wildman–Crippen LogP) is 8.83. The molecule has 1 unspecified atom stereocenters. The standard InChI is InChI=1S/C30H37N5O4.C5H12.C4H10/c1-6-19(3)30(38)35-14-15-39-29-28(35)20(4)26(17-31-29)34-13-12-23(7-2)25(18-34)33-21(5)32-24-10-8-22(9-11-24)16-27(36)37;1-5(2,3)4;1-3-4-2/h7-11,17,19H,2,6,12-16,18H2,1,3-5H3,(H,32,33)(H,36,37);1-4H3;3-4H2,1-2H3. The summed E-state index contributed by atoms with van der Waals surface area (Å²) in [6.45, 7) is 27.3. The summed E-state index contributed by atoms with van der Waals surface area (Å²) in [5.41, 5.74) is 6.76. The normalized spacial score (nSPS) is 15.2. The van der Waals surface area contributed by atoms with Crippen LogP contribution in [0.15, 0.2) is 59.4 Å². The highest BCUT2D eigenvalue weighted by atomic mass is 16.5. The van der Waals surface area contributed by atoms with Gasteiger partial charge in [0.2, 0.25) is 11.8 Å². The SMILES string of the molecule is C=CC1=C(N=C(C)Nc2ccc(CC(=O)O)cc2)CN(c2cnc3c(c2C)N(C(=O)C(C)CC)CCO3)CC1.CC(C)(C)C.CCCC. The number of nitrogens with one attached hydrogen (secondary N) is 1. The molecule has 1 amide bonds. The van der Waals surface area contributed by atoms with Crippen LogP contribution < -0.4 is 19.9 Å². The molecule has 264 valence electrons. The molecule has 0 radical (unpaired) electrons. The van der Waals surface area contributed by atoms with E-state index in [0.717, 1.165) is 64.7 Å². The first-order chi connectivity index (χ1) is 22.6. The van der Waals surface area contributed by atoms with Crippen molar-refractivity contribution in [3.05, 3.63) is 65.5 Å². The molecule has 48 heavy (non-hydrogen) atoms. The van der Waals surface area contributed by atoms with Gasteiger partial charge >= 0.3 is 5.97 Å². The summed E-state index contributed by atoms with van der Waals surface area (Å²) >= 11 is 0. The number of carbonyl (C=O) groups excluding carboxylic acids is 1. The van der Waals surface area contributed by atoms with Crippen molar-refractivity contribution in [2.75, 3.05) is 41.4 Å². The number of anilines is 3. The molecule has 1 atom stereocenters. The van der Waals surface area contributed by atoms with Gasteiger partial charge in [-0.1, -0.05) is 93.0 Å². The quantitative estimate of drug-likeness (QED) is 0.204. The minimum absolute atomic E-state index is 0.00852. The number of aromatic nitrogens is 1. The summed E-state index contributed by atoms with van der Waals surface area (Å²) in [6, 6.07) is 7.30.